The Balaban J connectivity index is 2.11. The maximum Gasteiger partial charge on any atom is 0.292 e. The van der Waals surface area contributed by atoms with Crippen LogP contribution in [0.2, 0.25) is 0 Å². The minimum Gasteiger partial charge on any atom is -0.317 e. The molecule has 0 saturated heterocycles. The van der Waals surface area contributed by atoms with Crippen molar-refractivity contribution in [3.05, 3.63) is 58.3 Å². The molecule has 1 aromatic carbocycles. The topological polar surface area (TPSA) is 76.2 Å². The fourth-order valence-electron chi connectivity index (χ4n) is 3.56. The van der Waals surface area contributed by atoms with E-state index in [9.17, 15) is 4.79 Å². The van der Waals surface area contributed by atoms with Crippen molar-refractivity contribution in [3.63, 3.8) is 0 Å². The Morgan fingerprint density at radius 3 is 3.00 bits per heavy atom. The third kappa shape index (κ3) is 1.57. The minimum atomic E-state index is -0.592. The van der Waals surface area contributed by atoms with Crippen LogP contribution in [-0.4, -0.2) is 14.4 Å². The number of fused-ring (bicyclic) bond motifs is 5. The summed E-state index contributed by atoms with van der Waals surface area (Å²) in [6.45, 7) is 2.16. The van der Waals surface area contributed by atoms with Crippen LogP contribution in [0.5, 0.6) is 0 Å². The number of unbranched alkanes of at least 4 members (excludes halogenated alkanes) is 1. The van der Waals surface area contributed by atoms with Crippen molar-refractivity contribution in [1.82, 2.24) is 14.4 Å². The van der Waals surface area contributed by atoms with Crippen LogP contribution in [-0.2, 0) is 5.54 Å². The number of aromatic amines is 1. The fourth-order valence-corrected chi connectivity index (χ4v) is 3.56. The maximum atomic E-state index is 12.3. The molecule has 5 nitrogen and oxygen atoms in total. The number of benzene rings is 1. The van der Waals surface area contributed by atoms with Gasteiger partial charge >= 0.3 is 0 Å². The molecule has 0 spiro atoms. The molecule has 0 amide bonds. The van der Waals surface area contributed by atoms with E-state index in [0.717, 1.165) is 41.8 Å². The highest BCUT2D eigenvalue weighted by molar-refractivity contribution is 5.77. The molecule has 0 bridgehead atoms. The second kappa shape index (κ2) is 4.55. The van der Waals surface area contributed by atoms with Gasteiger partial charge in [-0.3, -0.25) is 9.20 Å². The molecular weight excluding hydrogens is 276 g/mol. The van der Waals surface area contributed by atoms with Gasteiger partial charge in [-0.05, 0) is 12.0 Å². The van der Waals surface area contributed by atoms with Crippen LogP contribution in [0.1, 0.15) is 37.4 Å². The van der Waals surface area contributed by atoms with Gasteiger partial charge in [0.05, 0.1) is 16.9 Å². The van der Waals surface area contributed by atoms with E-state index in [-0.39, 0.29) is 5.56 Å². The second-order valence-corrected chi connectivity index (χ2v) is 5.92. The molecule has 0 radical (unpaired) electrons. The molecule has 3 N–H and O–H groups in total. The first-order valence-corrected chi connectivity index (χ1v) is 7.65. The van der Waals surface area contributed by atoms with Crippen LogP contribution >= 0.6 is 0 Å². The summed E-state index contributed by atoms with van der Waals surface area (Å²) in [5.41, 5.74) is 10.4. The molecule has 112 valence electrons. The van der Waals surface area contributed by atoms with E-state index in [2.05, 4.69) is 23.0 Å². The zero-order valence-electron chi connectivity index (χ0n) is 12.5. The number of hydrogen-bond acceptors (Lipinski definition) is 3. The van der Waals surface area contributed by atoms with Crippen molar-refractivity contribution < 1.29 is 0 Å². The number of aromatic nitrogens is 3. The Morgan fingerprint density at radius 1 is 1.36 bits per heavy atom. The number of nitrogens with two attached hydrogens (primary N) is 1. The van der Waals surface area contributed by atoms with Crippen LogP contribution in [0.15, 0.2) is 41.5 Å². The van der Waals surface area contributed by atoms with Crippen molar-refractivity contribution >= 4 is 5.65 Å². The summed E-state index contributed by atoms with van der Waals surface area (Å²) in [5, 5.41) is 0. The molecule has 1 aliphatic rings. The molecule has 2 aromatic heterocycles. The van der Waals surface area contributed by atoms with Gasteiger partial charge < -0.3 is 10.7 Å². The summed E-state index contributed by atoms with van der Waals surface area (Å²) in [6, 6.07) is 8.06. The van der Waals surface area contributed by atoms with Gasteiger partial charge in [-0.2, -0.15) is 0 Å². The molecule has 4 rings (SSSR count). The zero-order valence-corrected chi connectivity index (χ0v) is 12.5. The Hall–Kier alpha value is -2.40. The summed E-state index contributed by atoms with van der Waals surface area (Å²) in [6.07, 6.45) is 6.41. The lowest BCUT2D eigenvalue weighted by Crippen LogP contribution is -2.38. The first kappa shape index (κ1) is 13.3. The summed E-state index contributed by atoms with van der Waals surface area (Å²) in [5.74, 6) is 0. The van der Waals surface area contributed by atoms with E-state index >= 15 is 0 Å². The lowest BCUT2D eigenvalue weighted by Gasteiger charge is -2.27. The van der Waals surface area contributed by atoms with Crippen molar-refractivity contribution in [2.45, 2.75) is 31.7 Å². The lowest BCUT2D eigenvalue weighted by atomic mass is 9.86. The maximum absolute atomic E-state index is 12.3. The normalized spacial score (nSPS) is 19.4. The Kier molecular flexibility index (Phi) is 2.74. The molecule has 0 fully saturated rings. The van der Waals surface area contributed by atoms with Gasteiger partial charge in [0.2, 0.25) is 5.65 Å². The van der Waals surface area contributed by atoms with Gasteiger partial charge in [-0.15, -0.1) is 0 Å². The second-order valence-electron chi connectivity index (χ2n) is 5.92. The minimum absolute atomic E-state index is 0.182. The van der Waals surface area contributed by atoms with Gasteiger partial charge in [0.15, 0.2) is 0 Å². The predicted molar refractivity (Wildman–Crippen MR) is 85.7 cm³/mol. The number of rotatable bonds is 3. The number of nitrogens with zero attached hydrogens (tertiary/aromatic N) is 2. The summed E-state index contributed by atoms with van der Waals surface area (Å²) >= 11 is 0. The first-order chi connectivity index (χ1) is 10.7. The number of imidazole rings is 1. The standard InChI is InChI=1S/C17H18N4O/c1-2-3-8-17(18)12-7-5-4-6-11(12)13-14(17)21-10-9-19-15(21)16(22)20-13/h4-7,9-10H,2-3,8,18H2,1H3,(H,20,22). The molecule has 22 heavy (non-hydrogen) atoms. The zero-order chi connectivity index (χ0) is 15.3. The molecule has 0 aliphatic heterocycles. The average Bonchev–Trinajstić information content (AvgIpc) is 3.10. The average molecular weight is 294 g/mol. The van der Waals surface area contributed by atoms with E-state index in [1.807, 2.05) is 28.8 Å². The van der Waals surface area contributed by atoms with Crippen LogP contribution in [0.3, 0.4) is 0 Å². The van der Waals surface area contributed by atoms with E-state index in [0.29, 0.717) is 5.65 Å². The Labute approximate surface area is 127 Å². The third-order valence-electron chi connectivity index (χ3n) is 4.58. The highest BCUT2D eigenvalue weighted by Gasteiger charge is 2.42. The molecule has 3 aromatic rings. The van der Waals surface area contributed by atoms with Crippen LogP contribution < -0.4 is 11.3 Å². The van der Waals surface area contributed by atoms with Gasteiger partial charge in [-0.25, -0.2) is 4.98 Å². The molecular formula is C17H18N4O. The van der Waals surface area contributed by atoms with E-state index in [1.54, 1.807) is 6.20 Å². The van der Waals surface area contributed by atoms with Crippen molar-refractivity contribution in [3.8, 4) is 11.3 Å². The van der Waals surface area contributed by atoms with Crippen molar-refractivity contribution in [1.29, 1.82) is 0 Å². The molecule has 1 unspecified atom stereocenters. The van der Waals surface area contributed by atoms with Gasteiger partial charge in [0.25, 0.3) is 5.56 Å². The number of hydrogen-bond donors (Lipinski definition) is 2. The SMILES string of the molecule is CCCCC1(N)c2ccccc2-c2[nH]c(=O)c3nccn3c21. The van der Waals surface area contributed by atoms with Crippen LogP contribution in [0.4, 0.5) is 0 Å². The molecule has 2 heterocycles. The first-order valence-electron chi connectivity index (χ1n) is 7.65. The van der Waals surface area contributed by atoms with Crippen molar-refractivity contribution in [2.24, 2.45) is 5.73 Å². The largest absolute Gasteiger partial charge is 0.317 e. The molecule has 1 aliphatic carbocycles. The summed E-state index contributed by atoms with van der Waals surface area (Å²) in [7, 11) is 0. The number of nitrogens with one attached hydrogen (secondary N) is 1. The van der Waals surface area contributed by atoms with Gasteiger partial charge in [-0.1, -0.05) is 44.0 Å². The molecule has 1 atom stereocenters. The Morgan fingerprint density at radius 2 is 2.18 bits per heavy atom. The summed E-state index contributed by atoms with van der Waals surface area (Å²) in [4.78, 5) is 19.4. The monoisotopic (exact) mass is 294 g/mol. The molecule has 0 saturated carbocycles. The summed E-state index contributed by atoms with van der Waals surface area (Å²) < 4.78 is 1.85. The van der Waals surface area contributed by atoms with Gasteiger partial charge in [0.1, 0.15) is 0 Å². The van der Waals surface area contributed by atoms with Crippen LogP contribution in [0, 0.1) is 0 Å². The molecule has 5 heteroatoms. The quantitative estimate of drug-likeness (QED) is 0.778. The van der Waals surface area contributed by atoms with E-state index in [1.165, 1.54) is 0 Å². The Bertz CT molecular complexity index is 924. The van der Waals surface area contributed by atoms with E-state index < -0.39 is 5.54 Å². The highest BCUT2D eigenvalue weighted by Crippen LogP contribution is 2.46. The lowest BCUT2D eigenvalue weighted by molar-refractivity contribution is 0.463. The predicted octanol–water partition coefficient (Wildman–Crippen LogP) is 2.40. The third-order valence-corrected chi connectivity index (χ3v) is 4.58. The van der Waals surface area contributed by atoms with Crippen LogP contribution in [0.25, 0.3) is 16.9 Å². The van der Waals surface area contributed by atoms with E-state index in [4.69, 9.17) is 5.73 Å². The highest BCUT2D eigenvalue weighted by atomic mass is 16.1. The number of H-pyrrole nitrogens is 1. The fraction of sp³-hybridized carbons (Fsp3) is 0.294. The van der Waals surface area contributed by atoms with Crippen molar-refractivity contribution in [2.75, 3.05) is 0 Å². The van der Waals surface area contributed by atoms with Gasteiger partial charge in [0, 0.05) is 18.0 Å². The smallest absolute Gasteiger partial charge is 0.292 e.